The molecule has 126 valence electrons. The number of benzene rings is 2. The average molecular weight is 372 g/mol. The Morgan fingerprint density at radius 1 is 1.32 bits per heavy atom. The maximum absolute atomic E-state index is 12.2. The number of nitrogens with zero attached hydrogens (tertiary/aromatic N) is 2. The van der Waals surface area contributed by atoms with Crippen LogP contribution in [0.1, 0.15) is 5.56 Å². The highest BCUT2D eigenvalue weighted by Crippen LogP contribution is 2.31. The summed E-state index contributed by atoms with van der Waals surface area (Å²) in [4.78, 5) is 16.7. The maximum atomic E-state index is 12.2. The van der Waals surface area contributed by atoms with E-state index in [-0.39, 0.29) is 12.5 Å². The summed E-state index contributed by atoms with van der Waals surface area (Å²) >= 11 is 7.42. The number of anilines is 2. The smallest absolute Gasteiger partial charge is 0.245 e. The second-order valence-corrected chi connectivity index (χ2v) is 7.06. The molecule has 4 aromatic rings. The number of rotatable bonds is 4. The molecule has 6 nitrogen and oxygen atoms in total. The summed E-state index contributed by atoms with van der Waals surface area (Å²) in [6.45, 7) is 2.10. The van der Waals surface area contributed by atoms with Crippen LogP contribution in [-0.4, -0.2) is 27.6 Å². The summed E-state index contributed by atoms with van der Waals surface area (Å²) in [7, 11) is 0. The Labute approximate surface area is 152 Å². The van der Waals surface area contributed by atoms with E-state index in [1.54, 1.807) is 12.3 Å². The van der Waals surface area contributed by atoms with Crippen LogP contribution in [-0.2, 0) is 4.79 Å². The van der Waals surface area contributed by atoms with Gasteiger partial charge in [0.05, 0.1) is 28.5 Å². The van der Waals surface area contributed by atoms with Crippen LogP contribution in [0.5, 0.6) is 0 Å². The van der Waals surface area contributed by atoms with Crippen LogP contribution in [0.15, 0.2) is 36.5 Å². The number of carbonyl (C=O) groups excluding carboxylic acids is 1. The summed E-state index contributed by atoms with van der Waals surface area (Å²) in [6, 6.07) is 9.37. The molecule has 2 heterocycles. The lowest BCUT2D eigenvalue weighted by Crippen LogP contribution is -2.21. The van der Waals surface area contributed by atoms with Crippen molar-refractivity contribution >= 4 is 60.8 Å². The van der Waals surface area contributed by atoms with E-state index in [2.05, 4.69) is 25.8 Å². The molecule has 3 N–H and O–H groups in total. The molecule has 8 heteroatoms. The summed E-state index contributed by atoms with van der Waals surface area (Å²) in [5.41, 5.74) is 3.66. The molecule has 0 saturated carbocycles. The zero-order valence-corrected chi connectivity index (χ0v) is 14.8. The molecule has 0 atom stereocenters. The highest BCUT2D eigenvalue weighted by atomic mass is 35.5. The quantitative estimate of drug-likeness (QED) is 0.502. The minimum absolute atomic E-state index is 0.137. The molecular formula is C17H14ClN5OS. The maximum Gasteiger partial charge on any atom is 0.245 e. The summed E-state index contributed by atoms with van der Waals surface area (Å²) in [6.07, 6.45) is 1.77. The van der Waals surface area contributed by atoms with Crippen molar-refractivity contribution in [1.82, 2.24) is 15.2 Å². The number of halogens is 1. The number of amides is 1. The molecule has 0 radical (unpaired) electrons. The van der Waals surface area contributed by atoms with Gasteiger partial charge >= 0.3 is 0 Å². The summed E-state index contributed by atoms with van der Waals surface area (Å²) < 4.78 is 1.00. The van der Waals surface area contributed by atoms with Gasteiger partial charge in [-0.15, -0.1) is 0 Å². The number of fused-ring (bicyclic) bond motifs is 3. The first-order chi connectivity index (χ1) is 12.1. The number of hydrogen-bond donors (Lipinski definition) is 3. The number of carbonyl (C=O) groups is 1. The third-order valence-corrected chi connectivity index (χ3v) is 5.12. The molecule has 25 heavy (non-hydrogen) atoms. The van der Waals surface area contributed by atoms with E-state index in [4.69, 9.17) is 11.6 Å². The number of hydrogen-bond acceptors (Lipinski definition) is 5. The number of H-pyrrole nitrogens is 1. The van der Waals surface area contributed by atoms with Gasteiger partial charge in [0, 0.05) is 16.1 Å². The van der Waals surface area contributed by atoms with Gasteiger partial charge in [0.15, 0.2) is 5.13 Å². The number of aromatic nitrogens is 3. The Kier molecular flexibility index (Phi) is 4.03. The molecule has 1 amide bonds. The molecule has 0 aliphatic carbocycles. The number of nitrogens with one attached hydrogen (secondary N) is 3. The van der Waals surface area contributed by atoms with Crippen molar-refractivity contribution in [3.63, 3.8) is 0 Å². The van der Waals surface area contributed by atoms with Gasteiger partial charge in [-0.05, 0) is 36.8 Å². The lowest BCUT2D eigenvalue weighted by molar-refractivity contribution is -0.114. The Morgan fingerprint density at radius 2 is 2.20 bits per heavy atom. The minimum atomic E-state index is -0.165. The Bertz CT molecular complexity index is 1090. The van der Waals surface area contributed by atoms with Gasteiger partial charge in [0.25, 0.3) is 0 Å². The summed E-state index contributed by atoms with van der Waals surface area (Å²) in [5.74, 6) is -0.165. The van der Waals surface area contributed by atoms with Crippen molar-refractivity contribution in [1.29, 1.82) is 0 Å². The Hall–Kier alpha value is -2.64. The standard InChI is InChI=1S/C17H14ClN5OS/c1-9-2-3-10(18)6-14(9)19-8-15(24)22-17-21-13-5-4-12-11(7-20-23-12)16(13)25-17/h2-7,19H,8H2,1H3,(H,20,23)(H,21,22,24). The van der Waals surface area contributed by atoms with Crippen LogP contribution in [0.3, 0.4) is 0 Å². The fraction of sp³-hybridized carbons (Fsp3) is 0.118. The van der Waals surface area contributed by atoms with Crippen molar-refractivity contribution in [2.24, 2.45) is 0 Å². The first kappa shape index (κ1) is 15.9. The molecule has 0 unspecified atom stereocenters. The second kappa shape index (κ2) is 6.34. The fourth-order valence-corrected chi connectivity index (χ4v) is 3.75. The van der Waals surface area contributed by atoms with E-state index in [9.17, 15) is 4.79 Å². The molecule has 0 bridgehead atoms. The highest BCUT2D eigenvalue weighted by Gasteiger charge is 2.11. The largest absolute Gasteiger partial charge is 0.376 e. The zero-order chi connectivity index (χ0) is 17.4. The van der Waals surface area contributed by atoms with Crippen LogP contribution in [0.4, 0.5) is 10.8 Å². The zero-order valence-electron chi connectivity index (χ0n) is 13.3. The van der Waals surface area contributed by atoms with Crippen molar-refractivity contribution in [3.05, 3.63) is 47.1 Å². The molecule has 2 aromatic carbocycles. The van der Waals surface area contributed by atoms with Gasteiger partial charge in [-0.3, -0.25) is 9.89 Å². The molecule has 0 aliphatic heterocycles. The first-order valence-electron chi connectivity index (χ1n) is 7.62. The van der Waals surface area contributed by atoms with E-state index in [1.165, 1.54) is 11.3 Å². The topological polar surface area (TPSA) is 82.7 Å². The fourth-order valence-electron chi connectivity index (χ4n) is 2.58. The van der Waals surface area contributed by atoms with E-state index in [1.807, 2.05) is 31.2 Å². The number of aromatic amines is 1. The molecule has 0 aliphatic rings. The predicted molar refractivity (Wildman–Crippen MR) is 103 cm³/mol. The second-order valence-electron chi connectivity index (χ2n) is 5.63. The summed E-state index contributed by atoms with van der Waals surface area (Å²) in [5, 5.41) is 15.1. The van der Waals surface area contributed by atoms with Gasteiger partial charge in [0.1, 0.15) is 0 Å². The van der Waals surface area contributed by atoms with Crippen LogP contribution < -0.4 is 10.6 Å². The van der Waals surface area contributed by atoms with Crippen LogP contribution in [0.2, 0.25) is 5.02 Å². The van der Waals surface area contributed by atoms with Crippen LogP contribution in [0.25, 0.3) is 21.1 Å². The Balaban J connectivity index is 1.49. The molecule has 0 spiro atoms. The monoisotopic (exact) mass is 371 g/mol. The third kappa shape index (κ3) is 3.16. The van der Waals surface area contributed by atoms with E-state index >= 15 is 0 Å². The van der Waals surface area contributed by atoms with Gasteiger partial charge in [-0.25, -0.2) is 4.98 Å². The van der Waals surface area contributed by atoms with Crippen molar-refractivity contribution in [3.8, 4) is 0 Å². The van der Waals surface area contributed by atoms with E-state index < -0.39 is 0 Å². The van der Waals surface area contributed by atoms with E-state index in [0.29, 0.717) is 10.2 Å². The molecule has 2 aromatic heterocycles. The van der Waals surface area contributed by atoms with Gasteiger partial charge in [-0.1, -0.05) is 29.0 Å². The van der Waals surface area contributed by atoms with Crippen LogP contribution >= 0.6 is 22.9 Å². The predicted octanol–water partition coefficient (Wildman–Crippen LogP) is 4.19. The van der Waals surface area contributed by atoms with Crippen molar-refractivity contribution in [2.45, 2.75) is 6.92 Å². The third-order valence-electron chi connectivity index (χ3n) is 3.86. The van der Waals surface area contributed by atoms with Crippen LogP contribution in [0, 0.1) is 6.92 Å². The SMILES string of the molecule is Cc1ccc(Cl)cc1NCC(=O)Nc1nc2ccc3[nH]ncc3c2s1. The Morgan fingerprint density at radius 3 is 3.08 bits per heavy atom. The molecule has 0 saturated heterocycles. The van der Waals surface area contributed by atoms with E-state index in [0.717, 1.165) is 32.4 Å². The molecular weight excluding hydrogens is 358 g/mol. The highest BCUT2D eigenvalue weighted by molar-refractivity contribution is 7.23. The first-order valence-corrected chi connectivity index (χ1v) is 8.82. The molecule has 4 rings (SSSR count). The van der Waals surface area contributed by atoms with Gasteiger partial charge in [0.2, 0.25) is 5.91 Å². The molecule has 0 fully saturated rings. The lowest BCUT2D eigenvalue weighted by Gasteiger charge is -2.09. The van der Waals surface area contributed by atoms with Gasteiger partial charge < -0.3 is 10.6 Å². The van der Waals surface area contributed by atoms with Crippen molar-refractivity contribution in [2.75, 3.05) is 17.2 Å². The average Bonchev–Trinajstić information content (AvgIpc) is 3.21. The lowest BCUT2D eigenvalue weighted by atomic mass is 10.2. The van der Waals surface area contributed by atoms with Crippen molar-refractivity contribution < 1.29 is 4.79 Å². The minimum Gasteiger partial charge on any atom is -0.376 e. The number of thiazole rings is 1. The number of aryl methyl sites for hydroxylation is 1. The normalized spacial score (nSPS) is 11.1. The van der Waals surface area contributed by atoms with Gasteiger partial charge in [-0.2, -0.15) is 5.10 Å².